The highest BCUT2D eigenvalue weighted by Crippen LogP contribution is 2.36. The third-order valence-corrected chi connectivity index (χ3v) is 7.92. The third kappa shape index (κ3) is 3.95. The van der Waals surface area contributed by atoms with Gasteiger partial charge in [0.1, 0.15) is 5.75 Å². The number of fused-ring (bicyclic) bond motifs is 5. The largest absolute Gasteiger partial charge is 0.497 e. The Bertz CT molecular complexity index is 1500. The Hall–Kier alpha value is -3.64. The number of ether oxygens (including phenoxy) is 1. The summed E-state index contributed by atoms with van der Waals surface area (Å²) in [7, 11) is 1.66. The molecule has 6 heteroatoms. The van der Waals surface area contributed by atoms with Crippen molar-refractivity contribution in [3.63, 3.8) is 0 Å². The van der Waals surface area contributed by atoms with Crippen LogP contribution in [-0.2, 0) is 13.1 Å². The minimum atomic E-state index is 0.0857. The van der Waals surface area contributed by atoms with E-state index in [-0.39, 0.29) is 11.3 Å². The van der Waals surface area contributed by atoms with Crippen molar-refractivity contribution in [2.75, 3.05) is 26.7 Å². The first kappa shape index (κ1) is 22.8. The molecule has 36 heavy (non-hydrogen) atoms. The first-order chi connectivity index (χ1) is 17.5. The zero-order valence-corrected chi connectivity index (χ0v) is 20.8. The quantitative estimate of drug-likeness (QED) is 0.382. The number of methoxy groups -OCH3 is 1. The van der Waals surface area contributed by atoms with Gasteiger partial charge in [0.2, 0.25) is 0 Å². The van der Waals surface area contributed by atoms with E-state index in [0.29, 0.717) is 24.9 Å². The van der Waals surface area contributed by atoms with Gasteiger partial charge in [0.25, 0.3) is 5.56 Å². The molecule has 2 unspecified atom stereocenters. The third-order valence-electron chi connectivity index (χ3n) is 7.92. The summed E-state index contributed by atoms with van der Waals surface area (Å²) in [5, 5.41) is 0.946. The maximum atomic E-state index is 13.9. The summed E-state index contributed by atoms with van der Waals surface area (Å²) in [6.45, 7) is 5.53. The lowest BCUT2D eigenvalue weighted by Gasteiger charge is -2.42. The van der Waals surface area contributed by atoms with Crippen LogP contribution in [0.5, 0.6) is 5.75 Å². The van der Waals surface area contributed by atoms with Crippen molar-refractivity contribution < 1.29 is 9.53 Å². The molecule has 2 aromatic carbocycles. The highest BCUT2D eigenvalue weighted by Gasteiger charge is 2.35. The van der Waals surface area contributed by atoms with Gasteiger partial charge in [-0.1, -0.05) is 36.4 Å². The molecule has 0 N–H and O–H groups in total. The second-order valence-corrected chi connectivity index (χ2v) is 10.2. The Morgan fingerprint density at radius 1 is 1.00 bits per heavy atom. The van der Waals surface area contributed by atoms with E-state index in [2.05, 4.69) is 40.7 Å². The lowest BCUT2D eigenvalue weighted by atomic mass is 9.83. The van der Waals surface area contributed by atoms with E-state index in [0.717, 1.165) is 59.7 Å². The molecule has 1 fully saturated rings. The molecule has 2 aliphatic rings. The zero-order valence-electron chi connectivity index (χ0n) is 20.8. The molecule has 0 spiro atoms. The van der Waals surface area contributed by atoms with Crippen LogP contribution < -0.4 is 10.3 Å². The molecule has 0 amide bonds. The van der Waals surface area contributed by atoms with Crippen molar-refractivity contribution in [3.8, 4) is 5.75 Å². The summed E-state index contributed by atoms with van der Waals surface area (Å²) < 4.78 is 9.69. The minimum Gasteiger partial charge on any atom is -0.497 e. The van der Waals surface area contributed by atoms with Gasteiger partial charge in [0.15, 0.2) is 5.78 Å². The van der Waals surface area contributed by atoms with Crippen molar-refractivity contribution in [2.45, 2.75) is 32.4 Å². The van der Waals surface area contributed by atoms with Crippen molar-refractivity contribution in [1.29, 1.82) is 0 Å². The van der Waals surface area contributed by atoms with Gasteiger partial charge in [-0.2, -0.15) is 0 Å². The van der Waals surface area contributed by atoms with Crippen molar-refractivity contribution >= 4 is 16.7 Å². The predicted molar refractivity (Wildman–Crippen MR) is 141 cm³/mol. The molecule has 2 bridgehead atoms. The van der Waals surface area contributed by atoms with Crippen LogP contribution in [0.25, 0.3) is 10.9 Å². The smallest absolute Gasteiger partial charge is 0.250 e. The monoisotopic (exact) mass is 481 g/mol. The van der Waals surface area contributed by atoms with E-state index in [1.165, 1.54) is 5.56 Å². The standard InChI is InChI=1S/C30H31N3O3/c1-20-30(25-14-24(36-2)11-12-27(25)32(20)16-21-7-4-3-5-8-21)28(34)19-31-15-22-13-23(18-31)26-9-6-10-29(35)33(26)17-22/h3-12,14,22-23H,13,15-19H2,1-2H3. The van der Waals surface area contributed by atoms with E-state index >= 15 is 0 Å². The van der Waals surface area contributed by atoms with Crippen LogP contribution in [0.4, 0.5) is 0 Å². The summed E-state index contributed by atoms with van der Waals surface area (Å²) >= 11 is 0. The van der Waals surface area contributed by atoms with Crippen LogP contribution in [0.3, 0.4) is 0 Å². The predicted octanol–water partition coefficient (Wildman–Crippen LogP) is 4.47. The van der Waals surface area contributed by atoms with Crippen LogP contribution in [0.1, 0.15) is 39.6 Å². The zero-order chi connectivity index (χ0) is 24.8. The molecule has 6 rings (SSSR count). The number of carbonyl (C=O) groups is 1. The average Bonchev–Trinajstić information content (AvgIpc) is 3.15. The topological polar surface area (TPSA) is 56.5 Å². The van der Waals surface area contributed by atoms with Gasteiger partial charge in [-0.05, 0) is 49.1 Å². The summed E-state index contributed by atoms with van der Waals surface area (Å²) in [6, 6.07) is 21.9. The number of piperidine rings is 1. The molecule has 4 heterocycles. The van der Waals surface area contributed by atoms with Gasteiger partial charge in [-0.3, -0.25) is 14.5 Å². The molecule has 6 nitrogen and oxygen atoms in total. The Balaban J connectivity index is 1.32. The molecule has 1 saturated heterocycles. The van der Waals surface area contributed by atoms with Crippen LogP contribution in [0.15, 0.2) is 71.5 Å². The normalized spacial score (nSPS) is 19.3. The fraction of sp³-hybridized carbons (Fsp3) is 0.333. The summed E-state index contributed by atoms with van der Waals surface area (Å²) in [6.07, 6.45) is 1.08. The van der Waals surface area contributed by atoms with Gasteiger partial charge in [0.05, 0.1) is 13.7 Å². The van der Waals surface area contributed by atoms with E-state index in [1.807, 2.05) is 41.0 Å². The Morgan fingerprint density at radius 3 is 2.64 bits per heavy atom. The number of nitrogens with zero attached hydrogens (tertiary/aromatic N) is 3. The number of hydrogen-bond acceptors (Lipinski definition) is 4. The minimum absolute atomic E-state index is 0.0857. The molecule has 184 valence electrons. The van der Waals surface area contributed by atoms with Crippen LogP contribution >= 0.6 is 0 Å². The van der Waals surface area contributed by atoms with E-state index in [1.54, 1.807) is 13.2 Å². The molecule has 4 aromatic rings. The van der Waals surface area contributed by atoms with Gasteiger partial charge in [-0.15, -0.1) is 0 Å². The van der Waals surface area contributed by atoms with Crippen LogP contribution in [-0.4, -0.2) is 46.6 Å². The Labute approximate surface area is 210 Å². The number of ketones is 1. The number of pyridine rings is 1. The summed E-state index contributed by atoms with van der Waals surface area (Å²) in [5.41, 5.74) is 5.21. The fourth-order valence-electron chi connectivity index (χ4n) is 6.32. The Morgan fingerprint density at radius 2 is 1.83 bits per heavy atom. The fourth-order valence-corrected chi connectivity index (χ4v) is 6.32. The number of rotatable bonds is 6. The molecule has 0 saturated carbocycles. The molecule has 0 aliphatic carbocycles. The SMILES string of the molecule is COc1ccc2c(c1)c(C(=O)CN1CC3CC(C1)c1cccc(=O)n1C3)c(C)n2Cc1ccccc1. The number of likely N-dealkylation sites (tertiary alicyclic amines) is 1. The number of aromatic nitrogens is 2. The maximum absolute atomic E-state index is 13.9. The molecule has 2 atom stereocenters. The van der Waals surface area contributed by atoms with Gasteiger partial charge in [-0.25, -0.2) is 0 Å². The molecule has 2 aliphatic heterocycles. The Kier molecular flexibility index (Phi) is 5.76. The van der Waals surface area contributed by atoms with E-state index in [9.17, 15) is 9.59 Å². The molecular formula is C30H31N3O3. The lowest BCUT2D eigenvalue weighted by molar-refractivity contribution is 0.0818. The second-order valence-electron chi connectivity index (χ2n) is 10.2. The van der Waals surface area contributed by atoms with Gasteiger partial charge in [0, 0.05) is 66.0 Å². The van der Waals surface area contributed by atoms with E-state index < -0.39 is 0 Å². The van der Waals surface area contributed by atoms with Crippen LogP contribution in [0.2, 0.25) is 0 Å². The number of hydrogen-bond donors (Lipinski definition) is 0. The summed E-state index contributed by atoms with van der Waals surface area (Å²) in [4.78, 5) is 28.5. The number of Topliss-reactive ketones (excluding diaryl/α,β-unsaturated/α-hetero) is 1. The maximum Gasteiger partial charge on any atom is 0.250 e. The highest BCUT2D eigenvalue weighted by molar-refractivity contribution is 6.10. The molecule has 2 aromatic heterocycles. The molecule has 0 radical (unpaired) electrons. The summed E-state index contributed by atoms with van der Waals surface area (Å²) in [5.74, 6) is 1.58. The van der Waals surface area contributed by atoms with Gasteiger partial charge >= 0.3 is 0 Å². The molecular weight excluding hydrogens is 450 g/mol. The number of carbonyl (C=O) groups excluding carboxylic acids is 1. The van der Waals surface area contributed by atoms with Crippen molar-refractivity contribution in [3.05, 3.63) is 99.6 Å². The average molecular weight is 482 g/mol. The van der Waals surface area contributed by atoms with E-state index in [4.69, 9.17) is 4.74 Å². The van der Waals surface area contributed by atoms with Crippen LogP contribution in [0, 0.1) is 12.8 Å². The first-order valence-corrected chi connectivity index (χ1v) is 12.7. The van der Waals surface area contributed by atoms with Gasteiger partial charge < -0.3 is 13.9 Å². The van der Waals surface area contributed by atoms with Crippen molar-refractivity contribution in [1.82, 2.24) is 14.0 Å². The second kappa shape index (κ2) is 9.10. The lowest BCUT2D eigenvalue weighted by Crippen LogP contribution is -2.48. The number of benzene rings is 2. The first-order valence-electron chi connectivity index (χ1n) is 12.7. The highest BCUT2D eigenvalue weighted by atomic mass is 16.5. The van der Waals surface area contributed by atoms with Crippen molar-refractivity contribution in [2.24, 2.45) is 5.92 Å².